The first kappa shape index (κ1) is 19.0. The zero-order valence-corrected chi connectivity index (χ0v) is 16.5. The highest BCUT2D eigenvalue weighted by atomic mass is 16.5. The van der Waals surface area contributed by atoms with E-state index in [2.05, 4.69) is 10.6 Å². The van der Waals surface area contributed by atoms with Gasteiger partial charge >= 0.3 is 0 Å². The lowest BCUT2D eigenvalue weighted by molar-refractivity contribution is -0.670. The highest BCUT2D eigenvalue weighted by molar-refractivity contribution is 5.82. The van der Waals surface area contributed by atoms with E-state index in [4.69, 9.17) is 14.2 Å². The predicted octanol–water partition coefficient (Wildman–Crippen LogP) is 1.96. The first-order valence-corrected chi connectivity index (χ1v) is 9.07. The molecule has 1 atom stereocenters. The molecule has 1 aliphatic rings. The molecule has 0 heterocycles. The van der Waals surface area contributed by atoms with Gasteiger partial charge in [-0.2, -0.15) is 0 Å². The van der Waals surface area contributed by atoms with E-state index in [0.717, 1.165) is 35.1 Å². The maximum Gasteiger partial charge on any atom is 0.203 e. The molecule has 144 valence electrons. The number of nitrogens with two attached hydrogens (primary N) is 1. The molecule has 0 saturated heterocycles. The van der Waals surface area contributed by atoms with Gasteiger partial charge in [-0.15, -0.1) is 0 Å². The van der Waals surface area contributed by atoms with E-state index in [9.17, 15) is 4.79 Å². The molecule has 0 unspecified atom stereocenters. The van der Waals surface area contributed by atoms with Gasteiger partial charge in [0.25, 0.3) is 0 Å². The molecule has 0 bridgehead atoms. The number of rotatable bonds is 5. The molecule has 0 fully saturated rings. The van der Waals surface area contributed by atoms with Gasteiger partial charge in [0.2, 0.25) is 11.2 Å². The van der Waals surface area contributed by atoms with E-state index in [-0.39, 0.29) is 11.5 Å². The Bertz CT molecular complexity index is 912. The van der Waals surface area contributed by atoms with Gasteiger partial charge in [-0.05, 0) is 35.7 Å². The van der Waals surface area contributed by atoms with Crippen LogP contribution in [0.5, 0.6) is 17.2 Å². The Morgan fingerprint density at radius 2 is 1.81 bits per heavy atom. The number of nitrogens with one attached hydrogen (secondary N) is 1. The summed E-state index contributed by atoms with van der Waals surface area (Å²) in [5.74, 6) is 1.84. The number of methoxy groups -OCH3 is 3. The van der Waals surface area contributed by atoms with Crippen LogP contribution in [0.3, 0.4) is 0 Å². The molecule has 0 saturated carbocycles. The number of ether oxygens (including phenoxy) is 3. The third-order valence-corrected chi connectivity index (χ3v) is 5.26. The predicted molar refractivity (Wildman–Crippen MR) is 106 cm³/mol. The normalized spacial score (nSPS) is 15.2. The van der Waals surface area contributed by atoms with Gasteiger partial charge in [0.15, 0.2) is 11.5 Å². The van der Waals surface area contributed by atoms with E-state index in [0.29, 0.717) is 22.9 Å². The average Bonchev–Trinajstić information content (AvgIpc) is 2.94. The van der Waals surface area contributed by atoms with Crippen molar-refractivity contribution in [2.24, 2.45) is 0 Å². The molecule has 6 heteroatoms. The van der Waals surface area contributed by atoms with Gasteiger partial charge in [-0.3, -0.25) is 4.79 Å². The standard InChI is InChI=1S/C21H26N2O4/c1-22-15-8-6-12-10-18(25-3)20(26-4)21(27-5)19(12)13-7-9-16(23-2)17(24)11-14(13)15/h7,9-11,15,22H,6,8H2,1-5H3,(H,23,24)/p+1/t15-/m1/s1. The Hall–Kier alpha value is -2.73. The van der Waals surface area contributed by atoms with Gasteiger partial charge in [0.1, 0.15) is 6.04 Å². The topological polar surface area (TPSA) is 73.4 Å². The number of benzene rings is 1. The minimum atomic E-state index is -0.0199. The van der Waals surface area contributed by atoms with Crippen molar-refractivity contribution in [2.45, 2.75) is 18.9 Å². The molecular formula is C21H27N2O4+. The molecule has 3 rings (SSSR count). The molecule has 0 spiro atoms. The van der Waals surface area contributed by atoms with Crippen LogP contribution in [0, 0.1) is 0 Å². The summed E-state index contributed by atoms with van der Waals surface area (Å²) in [7, 11) is 8.66. The minimum absolute atomic E-state index is 0.0199. The van der Waals surface area contributed by atoms with Crippen molar-refractivity contribution >= 4 is 5.69 Å². The summed E-state index contributed by atoms with van der Waals surface area (Å²) >= 11 is 0. The molecule has 0 aliphatic heterocycles. The fourth-order valence-corrected chi connectivity index (χ4v) is 3.89. The Morgan fingerprint density at radius 3 is 2.41 bits per heavy atom. The molecule has 2 aromatic carbocycles. The quantitative estimate of drug-likeness (QED) is 0.841. The lowest BCUT2D eigenvalue weighted by atomic mass is 9.95. The second-order valence-electron chi connectivity index (χ2n) is 6.53. The summed E-state index contributed by atoms with van der Waals surface area (Å²) in [6.07, 6.45) is 1.76. The van der Waals surface area contributed by atoms with Crippen molar-refractivity contribution in [3.8, 4) is 28.4 Å². The van der Waals surface area contributed by atoms with E-state index < -0.39 is 0 Å². The van der Waals surface area contributed by atoms with Crippen molar-refractivity contribution in [2.75, 3.05) is 40.7 Å². The van der Waals surface area contributed by atoms with Gasteiger partial charge in [-0.1, -0.05) is 6.07 Å². The zero-order chi connectivity index (χ0) is 19.6. The summed E-state index contributed by atoms with van der Waals surface area (Å²) in [6, 6.07) is 7.77. The number of hydrogen-bond acceptors (Lipinski definition) is 5. The Balaban J connectivity index is 2.43. The number of anilines is 1. The zero-order valence-electron chi connectivity index (χ0n) is 16.5. The van der Waals surface area contributed by atoms with Crippen LogP contribution in [0.15, 0.2) is 29.1 Å². The average molecular weight is 371 g/mol. The van der Waals surface area contributed by atoms with Gasteiger partial charge in [-0.25, -0.2) is 0 Å². The molecule has 0 aromatic heterocycles. The highest BCUT2D eigenvalue weighted by Crippen LogP contribution is 2.49. The van der Waals surface area contributed by atoms with E-state index in [1.807, 2.05) is 25.2 Å². The SMILES string of the molecule is CNc1ccc2c(cc1=O)[C@H]([NH2+]C)CCc1cc(OC)c(OC)c(OC)c1-2. The number of aryl methyl sites for hydroxylation is 1. The van der Waals surface area contributed by atoms with Crippen molar-refractivity contribution in [3.63, 3.8) is 0 Å². The highest BCUT2D eigenvalue weighted by Gasteiger charge is 2.29. The molecule has 6 nitrogen and oxygen atoms in total. The number of fused-ring (bicyclic) bond motifs is 3. The molecule has 0 amide bonds. The van der Waals surface area contributed by atoms with Gasteiger partial charge in [0, 0.05) is 24.6 Å². The fraction of sp³-hybridized carbons (Fsp3) is 0.381. The van der Waals surface area contributed by atoms with Crippen LogP contribution >= 0.6 is 0 Å². The summed E-state index contributed by atoms with van der Waals surface area (Å²) in [6.45, 7) is 0. The van der Waals surface area contributed by atoms with E-state index in [1.165, 1.54) is 0 Å². The number of quaternary nitrogens is 1. The maximum absolute atomic E-state index is 12.6. The van der Waals surface area contributed by atoms with Gasteiger partial charge < -0.3 is 24.8 Å². The lowest BCUT2D eigenvalue weighted by Crippen LogP contribution is -2.81. The summed E-state index contributed by atoms with van der Waals surface area (Å²) in [5.41, 5.74) is 4.63. The van der Waals surface area contributed by atoms with Crippen LogP contribution < -0.4 is 30.3 Å². The smallest absolute Gasteiger partial charge is 0.203 e. The monoisotopic (exact) mass is 371 g/mol. The molecule has 0 radical (unpaired) electrons. The minimum Gasteiger partial charge on any atom is -0.493 e. The molecule has 1 aliphatic carbocycles. The summed E-state index contributed by atoms with van der Waals surface area (Å²) in [5, 5.41) is 5.14. The van der Waals surface area contributed by atoms with Crippen LogP contribution in [0.1, 0.15) is 23.6 Å². The van der Waals surface area contributed by atoms with Crippen molar-refractivity contribution in [3.05, 3.63) is 45.6 Å². The second kappa shape index (κ2) is 7.88. The summed E-state index contributed by atoms with van der Waals surface area (Å²) < 4.78 is 16.9. The van der Waals surface area contributed by atoms with Crippen molar-refractivity contribution in [1.82, 2.24) is 0 Å². The third kappa shape index (κ3) is 3.21. The lowest BCUT2D eigenvalue weighted by Gasteiger charge is -2.19. The Kier molecular flexibility index (Phi) is 5.56. The van der Waals surface area contributed by atoms with Crippen LogP contribution in [0.4, 0.5) is 5.69 Å². The largest absolute Gasteiger partial charge is 0.493 e. The first-order chi connectivity index (χ1) is 13.1. The molecule has 3 N–H and O–H groups in total. The molecule has 27 heavy (non-hydrogen) atoms. The van der Waals surface area contributed by atoms with Crippen molar-refractivity contribution in [1.29, 1.82) is 0 Å². The van der Waals surface area contributed by atoms with Crippen LogP contribution in [0.2, 0.25) is 0 Å². The van der Waals surface area contributed by atoms with Crippen LogP contribution in [-0.4, -0.2) is 35.4 Å². The van der Waals surface area contributed by atoms with Crippen molar-refractivity contribution < 1.29 is 19.5 Å². The summed E-state index contributed by atoms with van der Waals surface area (Å²) in [4.78, 5) is 12.6. The fourth-order valence-electron chi connectivity index (χ4n) is 3.89. The molecular weight excluding hydrogens is 344 g/mol. The second-order valence-corrected chi connectivity index (χ2v) is 6.53. The first-order valence-electron chi connectivity index (χ1n) is 9.07. The molecule has 2 aromatic rings. The Morgan fingerprint density at radius 1 is 1.07 bits per heavy atom. The maximum atomic E-state index is 12.6. The third-order valence-electron chi connectivity index (χ3n) is 5.26. The van der Waals surface area contributed by atoms with E-state index in [1.54, 1.807) is 34.4 Å². The number of hydrogen-bond donors (Lipinski definition) is 2. The Labute approximate surface area is 159 Å². The van der Waals surface area contributed by atoms with E-state index >= 15 is 0 Å². The van der Waals surface area contributed by atoms with Gasteiger partial charge in [0.05, 0.1) is 34.1 Å². The van der Waals surface area contributed by atoms with Crippen LogP contribution in [-0.2, 0) is 6.42 Å². The van der Waals surface area contributed by atoms with Crippen LogP contribution in [0.25, 0.3) is 11.1 Å².